The SMILES string of the molecule is O=S(=O)(Nc1ccc2[nH]cc(C3=CCNCC3)c2c1)c1ccc(F)cc1. The minimum atomic E-state index is -3.77. The zero-order chi connectivity index (χ0) is 18.1. The molecule has 5 nitrogen and oxygen atoms in total. The lowest BCUT2D eigenvalue weighted by Gasteiger charge is -2.14. The summed E-state index contributed by atoms with van der Waals surface area (Å²) >= 11 is 0. The van der Waals surface area contributed by atoms with Crippen molar-refractivity contribution in [3.63, 3.8) is 0 Å². The van der Waals surface area contributed by atoms with E-state index in [9.17, 15) is 12.8 Å². The van der Waals surface area contributed by atoms with Crippen LogP contribution in [0.3, 0.4) is 0 Å². The van der Waals surface area contributed by atoms with Crippen molar-refractivity contribution >= 4 is 32.2 Å². The van der Waals surface area contributed by atoms with E-state index in [1.54, 1.807) is 6.07 Å². The Morgan fingerprint density at radius 1 is 1.08 bits per heavy atom. The summed E-state index contributed by atoms with van der Waals surface area (Å²) < 4.78 is 40.6. The smallest absolute Gasteiger partial charge is 0.261 e. The highest BCUT2D eigenvalue weighted by Crippen LogP contribution is 2.30. The largest absolute Gasteiger partial charge is 0.361 e. The van der Waals surface area contributed by atoms with Gasteiger partial charge in [-0.1, -0.05) is 6.08 Å². The number of nitrogens with one attached hydrogen (secondary N) is 3. The Morgan fingerprint density at radius 2 is 1.88 bits per heavy atom. The van der Waals surface area contributed by atoms with E-state index in [1.807, 2.05) is 18.3 Å². The molecule has 0 atom stereocenters. The average molecular weight is 371 g/mol. The van der Waals surface area contributed by atoms with E-state index in [1.165, 1.54) is 17.7 Å². The summed E-state index contributed by atoms with van der Waals surface area (Å²) in [5, 5.41) is 4.25. The van der Waals surface area contributed by atoms with Gasteiger partial charge in [0.05, 0.1) is 4.90 Å². The molecule has 134 valence electrons. The van der Waals surface area contributed by atoms with Crippen LogP contribution < -0.4 is 10.0 Å². The number of hydrogen-bond donors (Lipinski definition) is 3. The summed E-state index contributed by atoms with van der Waals surface area (Å²) in [7, 11) is -3.77. The fourth-order valence-corrected chi connectivity index (χ4v) is 4.19. The molecule has 0 fully saturated rings. The molecule has 0 spiro atoms. The summed E-state index contributed by atoms with van der Waals surface area (Å²) in [6.45, 7) is 1.76. The zero-order valence-electron chi connectivity index (χ0n) is 13.9. The van der Waals surface area contributed by atoms with Crippen molar-refractivity contribution in [1.82, 2.24) is 10.3 Å². The lowest BCUT2D eigenvalue weighted by atomic mass is 9.99. The van der Waals surface area contributed by atoms with Crippen molar-refractivity contribution in [1.29, 1.82) is 0 Å². The molecular weight excluding hydrogens is 353 g/mol. The number of sulfonamides is 1. The van der Waals surface area contributed by atoms with Crippen LogP contribution in [0.4, 0.5) is 10.1 Å². The molecule has 2 heterocycles. The van der Waals surface area contributed by atoms with Crippen molar-refractivity contribution < 1.29 is 12.8 Å². The summed E-state index contributed by atoms with van der Waals surface area (Å²) in [6, 6.07) is 10.1. The second-order valence-electron chi connectivity index (χ2n) is 6.21. The number of H-pyrrole nitrogens is 1. The van der Waals surface area contributed by atoms with E-state index < -0.39 is 15.8 Å². The lowest BCUT2D eigenvalue weighted by Crippen LogP contribution is -2.19. The summed E-state index contributed by atoms with van der Waals surface area (Å²) in [5.41, 5.74) is 3.75. The third kappa shape index (κ3) is 3.23. The molecule has 0 saturated heterocycles. The van der Waals surface area contributed by atoms with Gasteiger partial charge in [-0.2, -0.15) is 0 Å². The van der Waals surface area contributed by atoms with Crippen LogP contribution in [0.5, 0.6) is 0 Å². The minimum Gasteiger partial charge on any atom is -0.361 e. The van der Waals surface area contributed by atoms with Gasteiger partial charge in [0, 0.05) is 34.9 Å². The van der Waals surface area contributed by atoms with E-state index in [2.05, 4.69) is 21.1 Å². The fourth-order valence-electron chi connectivity index (χ4n) is 3.14. The first-order valence-electron chi connectivity index (χ1n) is 8.32. The predicted molar refractivity (Wildman–Crippen MR) is 101 cm³/mol. The first-order valence-corrected chi connectivity index (χ1v) is 9.81. The predicted octanol–water partition coefficient (Wildman–Crippen LogP) is 3.48. The molecular formula is C19H18FN3O2S. The van der Waals surface area contributed by atoms with Crippen LogP contribution in [0, 0.1) is 5.82 Å². The Labute approximate surface area is 151 Å². The van der Waals surface area contributed by atoms with Gasteiger partial charge in [0.15, 0.2) is 0 Å². The number of anilines is 1. The van der Waals surface area contributed by atoms with Crippen LogP contribution in [0.2, 0.25) is 0 Å². The van der Waals surface area contributed by atoms with Crippen LogP contribution in [0.1, 0.15) is 12.0 Å². The maximum atomic E-state index is 13.0. The van der Waals surface area contributed by atoms with E-state index >= 15 is 0 Å². The first-order chi connectivity index (χ1) is 12.5. The molecule has 0 bridgehead atoms. The van der Waals surface area contributed by atoms with Gasteiger partial charge < -0.3 is 10.3 Å². The Balaban J connectivity index is 1.69. The number of benzene rings is 2. The van der Waals surface area contributed by atoms with Gasteiger partial charge in [-0.15, -0.1) is 0 Å². The van der Waals surface area contributed by atoms with Crippen molar-refractivity contribution in [2.24, 2.45) is 0 Å². The lowest BCUT2D eigenvalue weighted by molar-refractivity contribution is 0.599. The van der Waals surface area contributed by atoms with E-state index in [-0.39, 0.29) is 4.90 Å². The maximum absolute atomic E-state index is 13.0. The van der Waals surface area contributed by atoms with Crippen molar-refractivity contribution in [2.45, 2.75) is 11.3 Å². The van der Waals surface area contributed by atoms with E-state index in [0.29, 0.717) is 5.69 Å². The molecule has 4 rings (SSSR count). The van der Waals surface area contributed by atoms with Crippen LogP contribution >= 0.6 is 0 Å². The Kier molecular flexibility index (Phi) is 4.26. The highest BCUT2D eigenvalue weighted by Gasteiger charge is 2.16. The molecule has 1 aliphatic rings. The number of rotatable bonds is 4. The van der Waals surface area contributed by atoms with Crippen molar-refractivity contribution in [2.75, 3.05) is 17.8 Å². The van der Waals surface area contributed by atoms with Crippen LogP contribution in [0.15, 0.2) is 59.6 Å². The molecule has 0 aliphatic carbocycles. The Hall–Kier alpha value is -2.64. The van der Waals surface area contributed by atoms with Crippen LogP contribution in [-0.4, -0.2) is 26.5 Å². The van der Waals surface area contributed by atoms with Gasteiger partial charge in [-0.05, 0) is 61.0 Å². The van der Waals surface area contributed by atoms with Crippen LogP contribution in [-0.2, 0) is 10.0 Å². The molecule has 0 saturated carbocycles. The quantitative estimate of drug-likeness (QED) is 0.657. The average Bonchev–Trinajstić information content (AvgIpc) is 3.06. The van der Waals surface area contributed by atoms with E-state index in [0.717, 1.165) is 48.1 Å². The monoisotopic (exact) mass is 371 g/mol. The molecule has 0 radical (unpaired) electrons. The number of halogens is 1. The Morgan fingerprint density at radius 3 is 2.62 bits per heavy atom. The normalized spacial score (nSPS) is 15.0. The molecule has 26 heavy (non-hydrogen) atoms. The van der Waals surface area contributed by atoms with E-state index in [4.69, 9.17) is 0 Å². The number of aromatic nitrogens is 1. The van der Waals surface area contributed by atoms with Crippen molar-refractivity contribution in [3.8, 4) is 0 Å². The van der Waals surface area contributed by atoms with Gasteiger partial charge in [0.1, 0.15) is 5.82 Å². The third-order valence-corrected chi connectivity index (χ3v) is 5.86. The maximum Gasteiger partial charge on any atom is 0.261 e. The summed E-state index contributed by atoms with van der Waals surface area (Å²) in [4.78, 5) is 3.26. The number of fused-ring (bicyclic) bond motifs is 1. The molecule has 1 aromatic heterocycles. The van der Waals surface area contributed by atoms with Gasteiger partial charge in [-0.25, -0.2) is 12.8 Å². The highest BCUT2D eigenvalue weighted by molar-refractivity contribution is 7.92. The first kappa shape index (κ1) is 16.8. The van der Waals surface area contributed by atoms with Crippen LogP contribution in [0.25, 0.3) is 16.5 Å². The molecule has 1 aliphatic heterocycles. The molecule has 0 amide bonds. The highest BCUT2D eigenvalue weighted by atomic mass is 32.2. The van der Waals surface area contributed by atoms with Gasteiger partial charge in [0.25, 0.3) is 10.0 Å². The zero-order valence-corrected chi connectivity index (χ0v) is 14.7. The van der Waals surface area contributed by atoms with Gasteiger partial charge >= 0.3 is 0 Å². The minimum absolute atomic E-state index is 0.0225. The summed E-state index contributed by atoms with van der Waals surface area (Å²) in [6.07, 6.45) is 5.04. The molecule has 2 aromatic carbocycles. The van der Waals surface area contributed by atoms with Gasteiger partial charge in [0.2, 0.25) is 0 Å². The molecule has 0 unspecified atom stereocenters. The van der Waals surface area contributed by atoms with Crippen molar-refractivity contribution in [3.05, 3.63) is 66.1 Å². The second kappa shape index (κ2) is 6.59. The third-order valence-electron chi connectivity index (χ3n) is 4.47. The number of aromatic amines is 1. The van der Waals surface area contributed by atoms with Gasteiger partial charge in [-0.3, -0.25) is 4.72 Å². The Bertz CT molecular complexity index is 1090. The molecule has 7 heteroatoms. The molecule has 3 aromatic rings. The summed E-state index contributed by atoms with van der Waals surface area (Å²) in [5.74, 6) is -0.474. The fraction of sp³-hybridized carbons (Fsp3) is 0.158. The second-order valence-corrected chi connectivity index (χ2v) is 7.89. The standard InChI is InChI=1S/C19H18FN3O2S/c20-14-1-4-16(5-2-14)26(24,25)23-15-3-6-19-17(11-15)18(12-22-19)13-7-9-21-10-8-13/h1-7,11-12,21-23H,8-10H2. The number of hydrogen-bond acceptors (Lipinski definition) is 3. The molecule has 3 N–H and O–H groups in total. The topological polar surface area (TPSA) is 74.0 Å².